The fourth-order valence-corrected chi connectivity index (χ4v) is 4.63. The van der Waals surface area contributed by atoms with Crippen molar-refractivity contribution in [3.8, 4) is 0 Å². The van der Waals surface area contributed by atoms with E-state index in [0.29, 0.717) is 0 Å². The van der Waals surface area contributed by atoms with Crippen LogP contribution in [0.3, 0.4) is 0 Å². The predicted octanol–water partition coefficient (Wildman–Crippen LogP) is 2.59. The minimum absolute atomic E-state index is 0.900. The first-order chi connectivity index (χ1) is 8.29. The second-order valence-electron chi connectivity index (χ2n) is 6.50. The Labute approximate surface area is 106 Å². The van der Waals surface area contributed by atoms with Crippen LogP contribution in [0.5, 0.6) is 0 Å². The second-order valence-corrected chi connectivity index (χ2v) is 6.50. The molecule has 2 saturated heterocycles. The van der Waals surface area contributed by atoms with Crippen LogP contribution >= 0.6 is 0 Å². The van der Waals surface area contributed by atoms with Crippen molar-refractivity contribution in [3.05, 3.63) is 0 Å². The summed E-state index contributed by atoms with van der Waals surface area (Å²) in [7, 11) is 0. The van der Waals surface area contributed by atoms with Gasteiger partial charge >= 0.3 is 0 Å². The highest BCUT2D eigenvalue weighted by atomic mass is 15.3. The molecule has 3 fully saturated rings. The van der Waals surface area contributed by atoms with Gasteiger partial charge in [0.1, 0.15) is 0 Å². The van der Waals surface area contributed by atoms with E-state index < -0.39 is 0 Å². The Bertz CT molecular complexity index is 266. The van der Waals surface area contributed by atoms with Gasteiger partial charge < -0.3 is 0 Å². The van der Waals surface area contributed by atoms with Crippen LogP contribution in [0.2, 0.25) is 0 Å². The Morgan fingerprint density at radius 3 is 2.59 bits per heavy atom. The van der Waals surface area contributed by atoms with Crippen molar-refractivity contribution >= 4 is 0 Å². The van der Waals surface area contributed by atoms with E-state index in [-0.39, 0.29) is 0 Å². The van der Waals surface area contributed by atoms with E-state index in [1.807, 2.05) is 0 Å². The van der Waals surface area contributed by atoms with E-state index in [0.717, 1.165) is 23.9 Å². The summed E-state index contributed by atoms with van der Waals surface area (Å²) in [4.78, 5) is 5.57. The van der Waals surface area contributed by atoms with Gasteiger partial charge in [-0.3, -0.25) is 9.80 Å². The molecule has 17 heavy (non-hydrogen) atoms. The lowest BCUT2D eigenvalue weighted by Crippen LogP contribution is -2.54. The number of fused-ring (bicyclic) bond motifs is 1. The first-order valence-electron chi connectivity index (χ1n) is 7.77. The van der Waals surface area contributed by atoms with Gasteiger partial charge in [0.05, 0.1) is 0 Å². The Balaban J connectivity index is 1.62. The van der Waals surface area contributed by atoms with Gasteiger partial charge in [-0.15, -0.1) is 0 Å². The van der Waals surface area contributed by atoms with Crippen LogP contribution in [0.15, 0.2) is 0 Å². The minimum Gasteiger partial charge on any atom is -0.298 e. The quantitative estimate of drug-likeness (QED) is 0.727. The summed E-state index contributed by atoms with van der Waals surface area (Å²) in [5.74, 6) is 1.94. The lowest BCUT2D eigenvalue weighted by molar-refractivity contribution is 0.0558. The normalized spacial score (nSPS) is 44.1. The highest BCUT2D eigenvalue weighted by Crippen LogP contribution is 2.38. The molecule has 2 aliphatic heterocycles. The lowest BCUT2D eigenvalue weighted by Gasteiger charge is -2.42. The number of nitrogens with zero attached hydrogens (tertiary/aromatic N) is 2. The standard InChI is InChI=1S/C15H28N2/c1-3-13-6-7-15(12(13)2)17-10-9-16-8-4-5-14(16)11-17/h12-15H,3-11H2,1-2H3. The summed E-state index contributed by atoms with van der Waals surface area (Å²) in [5, 5.41) is 0. The molecule has 2 heteroatoms. The van der Waals surface area contributed by atoms with E-state index in [4.69, 9.17) is 0 Å². The predicted molar refractivity (Wildman–Crippen MR) is 72.1 cm³/mol. The van der Waals surface area contributed by atoms with Crippen molar-refractivity contribution in [2.75, 3.05) is 26.2 Å². The molecule has 2 nitrogen and oxygen atoms in total. The van der Waals surface area contributed by atoms with Crippen LogP contribution in [-0.2, 0) is 0 Å². The molecule has 0 aromatic carbocycles. The Morgan fingerprint density at radius 2 is 1.82 bits per heavy atom. The highest BCUT2D eigenvalue weighted by Gasteiger charge is 2.39. The molecule has 0 bridgehead atoms. The van der Waals surface area contributed by atoms with Gasteiger partial charge in [0, 0.05) is 31.7 Å². The monoisotopic (exact) mass is 236 g/mol. The SMILES string of the molecule is CCC1CCC(N2CCN3CCCC3C2)C1C. The lowest BCUT2D eigenvalue weighted by atomic mass is 9.92. The molecule has 0 amide bonds. The van der Waals surface area contributed by atoms with Gasteiger partial charge in [-0.1, -0.05) is 20.3 Å². The number of hydrogen-bond donors (Lipinski definition) is 0. The Hall–Kier alpha value is -0.0800. The van der Waals surface area contributed by atoms with Crippen LogP contribution in [0.25, 0.3) is 0 Å². The van der Waals surface area contributed by atoms with E-state index in [2.05, 4.69) is 23.6 Å². The first kappa shape index (κ1) is 12.0. The number of rotatable bonds is 2. The summed E-state index contributed by atoms with van der Waals surface area (Å²) in [6.45, 7) is 10.3. The van der Waals surface area contributed by atoms with Crippen LogP contribution < -0.4 is 0 Å². The second kappa shape index (κ2) is 4.89. The van der Waals surface area contributed by atoms with Crippen molar-refractivity contribution in [1.82, 2.24) is 9.80 Å². The largest absolute Gasteiger partial charge is 0.298 e. The maximum atomic E-state index is 2.84. The Morgan fingerprint density at radius 1 is 1.00 bits per heavy atom. The number of piperazine rings is 1. The average molecular weight is 236 g/mol. The van der Waals surface area contributed by atoms with Gasteiger partial charge in [0.15, 0.2) is 0 Å². The third kappa shape index (κ3) is 2.15. The van der Waals surface area contributed by atoms with Gasteiger partial charge in [-0.05, 0) is 44.1 Å². The van der Waals surface area contributed by atoms with E-state index in [1.54, 1.807) is 0 Å². The molecule has 1 aliphatic carbocycles. The summed E-state index contributed by atoms with van der Waals surface area (Å²) in [6.07, 6.45) is 7.23. The molecule has 2 heterocycles. The molecule has 0 spiro atoms. The molecule has 3 rings (SSSR count). The molecule has 3 aliphatic rings. The van der Waals surface area contributed by atoms with Gasteiger partial charge in [0.2, 0.25) is 0 Å². The smallest absolute Gasteiger partial charge is 0.0224 e. The third-order valence-electron chi connectivity index (χ3n) is 5.80. The molecule has 4 unspecified atom stereocenters. The minimum atomic E-state index is 0.900. The van der Waals surface area contributed by atoms with Gasteiger partial charge in [-0.25, -0.2) is 0 Å². The molecule has 0 aromatic rings. The van der Waals surface area contributed by atoms with Gasteiger partial charge in [-0.2, -0.15) is 0 Å². The zero-order valence-electron chi connectivity index (χ0n) is 11.6. The Kier molecular flexibility index (Phi) is 3.45. The molecule has 0 N–H and O–H groups in total. The molecular formula is C15H28N2. The zero-order valence-corrected chi connectivity index (χ0v) is 11.6. The molecule has 4 atom stereocenters. The number of hydrogen-bond acceptors (Lipinski definition) is 2. The molecule has 0 aromatic heterocycles. The first-order valence-corrected chi connectivity index (χ1v) is 7.77. The average Bonchev–Trinajstić information content (AvgIpc) is 2.94. The summed E-state index contributed by atoms with van der Waals surface area (Å²) in [5.41, 5.74) is 0. The maximum absolute atomic E-state index is 2.84. The molecule has 0 radical (unpaired) electrons. The van der Waals surface area contributed by atoms with Crippen LogP contribution in [0, 0.1) is 11.8 Å². The third-order valence-corrected chi connectivity index (χ3v) is 5.80. The van der Waals surface area contributed by atoms with Crippen molar-refractivity contribution in [1.29, 1.82) is 0 Å². The zero-order chi connectivity index (χ0) is 11.8. The molecule has 1 saturated carbocycles. The van der Waals surface area contributed by atoms with Crippen molar-refractivity contribution in [2.45, 2.75) is 58.0 Å². The van der Waals surface area contributed by atoms with Gasteiger partial charge in [0.25, 0.3) is 0 Å². The van der Waals surface area contributed by atoms with E-state index >= 15 is 0 Å². The van der Waals surface area contributed by atoms with Crippen molar-refractivity contribution < 1.29 is 0 Å². The van der Waals surface area contributed by atoms with Crippen LogP contribution in [0.1, 0.15) is 46.0 Å². The highest BCUT2D eigenvalue weighted by molar-refractivity contribution is 4.94. The molecule has 98 valence electrons. The fraction of sp³-hybridized carbons (Fsp3) is 1.00. The van der Waals surface area contributed by atoms with Crippen LogP contribution in [-0.4, -0.2) is 48.1 Å². The fourth-order valence-electron chi connectivity index (χ4n) is 4.63. The maximum Gasteiger partial charge on any atom is 0.0224 e. The van der Waals surface area contributed by atoms with E-state index in [9.17, 15) is 0 Å². The van der Waals surface area contributed by atoms with Crippen LogP contribution in [0.4, 0.5) is 0 Å². The van der Waals surface area contributed by atoms with E-state index in [1.165, 1.54) is 58.3 Å². The summed E-state index contributed by atoms with van der Waals surface area (Å²) < 4.78 is 0. The summed E-state index contributed by atoms with van der Waals surface area (Å²) >= 11 is 0. The molecular weight excluding hydrogens is 208 g/mol. The van der Waals surface area contributed by atoms with Crippen molar-refractivity contribution in [3.63, 3.8) is 0 Å². The summed E-state index contributed by atoms with van der Waals surface area (Å²) in [6, 6.07) is 1.80. The topological polar surface area (TPSA) is 6.48 Å². The van der Waals surface area contributed by atoms with Crippen molar-refractivity contribution in [2.24, 2.45) is 11.8 Å².